The molecule has 1 aliphatic rings. The van der Waals surface area contributed by atoms with Gasteiger partial charge in [0.2, 0.25) is 5.91 Å². The zero-order valence-electron chi connectivity index (χ0n) is 12.3. The fraction of sp³-hybridized carbons (Fsp3) is 0.875. The summed E-state index contributed by atoms with van der Waals surface area (Å²) in [5, 5.41) is 11.4. The van der Waals surface area contributed by atoms with E-state index in [-0.39, 0.29) is 11.8 Å². The van der Waals surface area contributed by atoms with Gasteiger partial charge in [-0.2, -0.15) is 5.26 Å². The molecule has 0 bridgehead atoms. The van der Waals surface area contributed by atoms with Crippen LogP contribution < -0.4 is 5.32 Å². The number of nitriles is 1. The third-order valence-corrected chi connectivity index (χ3v) is 4.20. The standard InChI is InChI=1S/C16H28N2O/c1-2-3-7-14-8-10-15(11-9-14)16(19)18-13-6-4-5-12-17/h14-15H,2-11,13H2,1H3,(H,18,19). The second kappa shape index (κ2) is 9.83. The lowest BCUT2D eigenvalue weighted by Crippen LogP contribution is -2.33. The number of hydrogen-bond acceptors (Lipinski definition) is 2. The van der Waals surface area contributed by atoms with Crippen LogP contribution in [0.15, 0.2) is 0 Å². The van der Waals surface area contributed by atoms with E-state index in [1.807, 2.05) is 0 Å². The Morgan fingerprint density at radius 3 is 2.58 bits per heavy atom. The third-order valence-electron chi connectivity index (χ3n) is 4.20. The van der Waals surface area contributed by atoms with Crippen LogP contribution in [-0.4, -0.2) is 12.5 Å². The van der Waals surface area contributed by atoms with Crippen molar-refractivity contribution in [1.29, 1.82) is 5.26 Å². The molecule has 0 heterocycles. The second-order valence-corrected chi connectivity index (χ2v) is 5.77. The number of amides is 1. The highest BCUT2D eigenvalue weighted by atomic mass is 16.1. The molecule has 0 spiro atoms. The van der Waals surface area contributed by atoms with Gasteiger partial charge >= 0.3 is 0 Å². The Balaban J connectivity index is 2.09. The largest absolute Gasteiger partial charge is 0.356 e. The molecule has 0 saturated heterocycles. The Hall–Kier alpha value is -1.04. The maximum Gasteiger partial charge on any atom is 0.223 e. The average molecular weight is 264 g/mol. The van der Waals surface area contributed by atoms with Crippen molar-refractivity contribution in [3.8, 4) is 6.07 Å². The number of carbonyl (C=O) groups is 1. The summed E-state index contributed by atoms with van der Waals surface area (Å²) in [5.41, 5.74) is 0. The zero-order chi connectivity index (χ0) is 13.9. The van der Waals surface area contributed by atoms with Gasteiger partial charge in [-0.25, -0.2) is 0 Å². The number of nitrogens with one attached hydrogen (secondary N) is 1. The summed E-state index contributed by atoms with van der Waals surface area (Å²) in [6, 6.07) is 2.13. The molecule has 1 aliphatic carbocycles. The quantitative estimate of drug-likeness (QED) is 0.678. The summed E-state index contributed by atoms with van der Waals surface area (Å²) in [6.07, 6.45) is 11.0. The van der Waals surface area contributed by atoms with Crippen molar-refractivity contribution in [3.05, 3.63) is 0 Å². The molecule has 19 heavy (non-hydrogen) atoms. The van der Waals surface area contributed by atoms with Crippen molar-refractivity contribution >= 4 is 5.91 Å². The minimum Gasteiger partial charge on any atom is -0.356 e. The molecule has 0 radical (unpaired) electrons. The van der Waals surface area contributed by atoms with Crippen LogP contribution in [0.3, 0.4) is 0 Å². The number of nitrogens with zero attached hydrogens (tertiary/aromatic N) is 1. The lowest BCUT2D eigenvalue weighted by Gasteiger charge is -2.27. The van der Waals surface area contributed by atoms with Gasteiger partial charge in [-0.3, -0.25) is 4.79 Å². The molecule has 1 saturated carbocycles. The molecule has 0 aromatic rings. The summed E-state index contributed by atoms with van der Waals surface area (Å²) in [7, 11) is 0. The molecule has 1 N–H and O–H groups in total. The highest BCUT2D eigenvalue weighted by Gasteiger charge is 2.25. The van der Waals surface area contributed by atoms with E-state index in [9.17, 15) is 4.79 Å². The minimum absolute atomic E-state index is 0.242. The van der Waals surface area contributed by atoms with Crippen molar-refractivity contribution in [2.45, 2.75) is 71.1 Å². The normalized spacial score (nSPS) is 22.7. The fourth-order valence-corrected chi connectivity index (χ4v) is 2.89. The predicted molar refractivity (Wildman–Crippen MR) is 77.4 cm³/mol. The summed E-state index contributed by atoms with van der Waals surface area (Å²) < 4.78 is 0. The molecule has 0 aromatic carbocycles. The van der Waals surface area contributed by atoms with Gasteiger partial charge in [0.15, 0.2) is 0 Å². The number of hydrogen-bond donors (Lipinski definition) is 1. The fourth-order valence-electron chi connectivity index (χ4n) is 2.89. The first-order chi connectivity index (χ1) is 9.27. The predicted octanol–water partition coefficient (Wildman–Crippen LogP) is 3.79. The minimum atomic E-state index is 0.242. The van der Waals surface area contributed by atoms with Gasteiger partial charge in [0.25, 0.3) is 0 Å². The summed E-state index contributed by atoms with van der Waals surface area (Å²) in [4.78, 5) is 12.0. The van der Waals surface area contributed by atoms with E-state index >= 15 is 0 Å². The van der Waals surface area contributed by atoms with Crippen molar-refractivity contribution < 1.29 is 4.79 Å². The molecule has 3 heteroatoms. The molecular formula is C16H28N2O. The van der Waals surface area contributed by atoms with Gasteiger partial charge in [0.05, 0.1) is 6.07 Å². The van der Waals surface area contributed by atoms with Crippen LogP contribution in [0, 0.1) is 23.2 Å². The van der Waals surface area contributed by atoms with Gasteiger partial charge in [-0.1, -0.05) is 26.2 Å². The van der Waals surface area contributed by atoms with Crippen LogP contribution in [0.5, 0.6) is 0 Å². The number of unbranched alkanes of at least 4 members (excludes halogenated alkanes) is 3. The van der Waals surface area contributed by atoms with Gasteiger partial charge in [0.1, 0.15) is 0 Å². The Kier molecular flexibility index (Phi) is 8.29. The number of carbonyl (C=O) groups excluding carboxylic acids is 1. The molecular weight excluding hydrogens is 236 g/mol. The smallest absolute Gasteiger partial charge is 0.223 e. The van der Waals surface area contributed by atoms with Gasteiger partial charge in [0, 0.05) is 18.9 Å². The monoisotopic (exact) mass is 264 g/mol. The molecule has 1 amide bonds. The van der Waals surface area contributed by atoms with Crippen LogP contribution in [0.25, 0.3) is 0 Å². The lowest BCUT2D eigenvalue weighted by atomic mass is 9.79. The number of rotatable bonds is 8. The first-order valence-electron chi connectivity index (χ1n) is 7.92. The van der Waals surface area contributed by atoms with E-state index in [0.717, 1.165) is 38.1 Å². The molecule has 0 atom stereocenters. The van der Waals surface area contributed by atoms with Crippen molar-refractivity contribution in [3.63, 3.8) is 0 Å². The van der Waals surface area contributed by atoms with E-state index < -0.39 is 0 Å². The molecule has 0 unspecified atom stereocenters. The first kappa shape index (κ1) is 16.0. The van der Waals surface area contributed by atoms with Crippen LogP contribution >= 0.6 is 0 Å². The molecule has 0 aromatic heterocycles. The molecule has 1 rings (SSSR count). The average Bonchev–Trinajstić information content (AvgIpc) is 2.45. The van der Waals surface area contributed by atoms with E-state index in [1.54, 1.807) is 0 Å². The van der Waals surface area contributed by atoms with Crippen LogP contribution in [-0.2, 0) is 4.79 Å². The van der Waals surface area contributed by atoms with Crippen LogP contribution in [0.1, 0.15) is 71.1 Å². The van der Waals surface area contributed by atoms with Crippen LogP contribution in [0.2, 0.25) is 0 Å². The molecule has 108 valence electrons. The van der Waals surface area contributed by atoms with E-state index in [1.165, 1.54) is 32.1 Å². The maximum atomic E-state index is 12.0. The van der Waals surface area contributed by atoms with E-state index in [2.05, 4.69) is 18.3 Å². The summed E-state index contributed by atoms with van der Waals surface area (Å²) in [5.74, 6) is 1.35. The van der Waals surface area contributed by atoms with Crippen molar-refractivity contribution in [2.75, 3.05) is 6.54 Å². The molecule has 3 nitrogen and oxygen atoms in total. The second-order valence-electron chi connectivity index (χ2n) is 5.77. The highest BCUT2D eigenvalue weighted by molar-refractivity contribution is 5.78. The van der Waals surface area contributed by atoms with Gasteiger partial charge in [-0.15, -0.1) is 0 Å². The first-order valence-corrected chi connectivity index (χ1v) is 7.92. The van der Waals surface area contributed by atoms with E-state index in [4.69, 9.17) is 5.26 Å². The van der Waals surface area contributed by atoms with Crippen molar-refractivity contribution in [2.24, 2.45) is 11.8 Å². The maximum absolute atomic E-state index is 12.0. The van der Waals surface area contributed by atoms with E-state index in [0.29, 0.717) is 6.42 Å². The highest BCUT2D eigenvalue weighted by Crippen LogP contribution is 2.31. The lowest BCUT2D eigenvalue weighted by molar-refractivity contribution is -0.126. The van der Waals surface area contributed by atoms with Crippen molar-refractivity contribution in [1.82, 2.24) is 5.32 Å². The topological polar surface area (TPSA) is 52.9 Å². The van der Waals surface area contributed by atoms with Crippen LogP contribution in [0.4, 0.5) is 0 Å². The van der Waals surface area contributed by atoms with Gasteiger partial charge in [-0.05, 0) is 44.4 Å². The molecule has 0 aliphatic heterocycles. The molecule has 1 fully saturated rings. The Morgan fingerprint density at radius 1 is 1.21 bits per heavy atom. The zero-order valence-corrected chi connectivity index (χ0v) is 12.3. The summed E-state index contributed by atoms with van der Waals surface area (Å²) in [6.45, 7) is 2.97. The van der Waals surface area contributed by atoms with Gasteiger partial charge < -0.3 is 5.32 Å². The SMILES string of the molecule is CCCCC1CCC(C(=O)NCCCCC#N)CC1. The Morgan fingerprint density at radius 2 is 1.95 bits per heavy atom. The Labute approximate surface area is 117 Å². The third kappa shape index (κ3) is 6.61. The summed E-state index contributed by atoms with van der Waals surface area (Å²) >= 11 is 0. The Bertz CT molecular complexity index is 288.